The summed E-state index contributed by atoms with van der Waals surface area (Å²) in [5.41, 5.74) is 0. The van der Waals surface area contributed by atoms with Crippen molar-refractivity contribution in [2.45, 2.75) is 31.9 Å². The van der Waals surface area contributed by atoms with Gasteiger partial charge in [-0.2, -0.15) is 0 Å². The number of alkyl carbamates (subject to hydrolysis) is 1. The van der Waals surface area contributed by atoms with E-state index in [0.29, 0.717) is 31.7 Å². The van der Waals surface area contributed by atoms with Crippen molar-refractivity contribution in [1.82, 2.24) is 10.2 Å². The number of nitrogens with zero attached hydrogens (tertiary/aromatic N) is 1. The van der Waals surface area contributed by atoms with Crippen molar-refractivity contribution in [2.75, 3.05) is 20.2 Å². The Hall–Kier alpha value is -2.44. The molecule has 1 aromatic rings. The van der Waals surface area contributed by atoms with E-state index in [1.165, 1.54) is 19.2 Å². The van der Waals surface area contributed by atoms with Crippen LogP contribution >= 0.6 is 0 Å². The number of phenols is 1. The Balaban J connectivity index is 1.81. The first-order valence-electron chi connectivity index (χ1n) is 7.58. The van der Waals surface area contributed by atoms with E-state index in [2.05, 4.69) is 10.1 Å². The van der Waals surface area contributed by atoms with Crippen LogP contribution < -0.4 is 10.1 Å². The fourth-order valence-corrected chi connectivity index (χ4v) is 2.51. The lowest BCUT2D eigenvalue weighted by molar-refractivity contribution is -0.139. The van der Waals surface area contributed by atoms with E-state index in [1.54, 1.807) is 24.0 Å². The number of nitrogens with one attached hydrogen (secondary N) is 1. The lowest BCUT2D eigenvalue weighted by Crippen LogP contribution is -2.49. The summed E-state index contributed by atoms with van der Waals surface area (Å²) in [7, 11) is 1.33. The molecule has 2 rings (SSSR count). The van der Waals surface area contributed by atoms with Gasteiger partial charge in [-0.3, -0.25) is 4.79 Å². The Morgan fingerprint density at radius 1 is 1.26 bits per heavy atom. The first-order chi connectivity index (χ1) is 11.0. The lowest BCUT2D eigenvalue weighted by Gasteiger charge is -2.33. The predicted octanol–water partition coefficient (Wildman–Crippen LogP) is 1.51. The SMILES string of the molecule is COC(=O)NC1CCN(C(=O)C(C)Oc2ccc(O)cc2)CC1. The van der Waals surface area contributed by atoms with E-state index in [9.17, 15) is 14.7 Å². The summed E-state index contributed by atoms with van der Waals surface area (Å²) >= 11 is 0. The maximum absolute atomic E-state index is 12.4. The van der Waals surface area contributed by atoms with Crippen molar-refractivity contribution < 1.29 is 24.2 Å². The monoisotopic (exact) mass is 322 g/mol. The molecule has 1 aromatic carbocycles. The van der Waals surface area contributed by atoms with Gasteiger partial charge < -0.3 is 24.8 Å². The number of hydrogen-bond acceptors (Lipinski definition) is 5. The zero-order valence-corrected chi connectivity index (χ0v) is 13.3. The molecule has 2 N–H and O–H groups in total. The van der Waals surface area contributed by atoms with E-state index in [1.807, 2.05) is 0 Å². The molecule has 7 nitrogen and oxygen atoms in total. The minimum absolute atomic E-state index is 0.0276. The molecule has 1 fully saturated rings. The van der Waals surface area contributed by atoms with Crippen LogP contribution in [0.1, 0.15) is 19.8 Å². The van der Waals surface area contributed by atoms with Gasteiger partial charge in [-0.25, -0.2) is 4.79 Å². The maximum Gasteiger partial charge on any atom is 0.407 e. The van der Waals surface area contributed by atoms with Crippen LogP contribution in [0.3, 0.4) is 0 Å². The summed E-state index contributed by atoms with van der Waals surface area (Å²) in [4.78, 5) is 25.3. The van der Waals surface area contributed by atoms with E-state index in [0.717, 1.165) is 0 Å². The summed E-state index contributed by atoms with van der Waals surface area (Å²) in [5.74, 6) is 0.594. The average Bonchev–Trinajstić information content (AvgIpc) is 2.56. The molecular formula is C16H22N2O5. The summed E-state index contributed by atoms with van der Waals surface area (Å²) in [6, 6.07) is 6.28. The molecule has 0 bridgehead atoms. The van der Waals surface area contributed by atoms with Crippen molar-refractivity contribution >= 4 is 12.0 Å². The molecule has 2 amide bonds. The van der Waals surface area contributed by atoms with Gasteiger partial charge in [0.25, 0.3) is 5.91 Å². The fraction of sp³-hybridized carbons (Fsp3) is 0.500. The number of rotatable bonds is 4. The number of phenolic OH excluding ortho intramolecular Hbond substituents is 1. The Morgan fingerprint density at radius 2 is 1.87 bits per heavy atom. The second kappa shape index (κ2) is 7.71. The first kappa shape index (κ1) is 16.9. The first-order valence-corrected chi connectivity index (χ1v) is 7.58. The van der Waals surface area contributed by atoms with Crippen molar-refractivity contribution in [3.63, 3.8) is 0 Å². The molecule has 7 heteroatoms. The van der Waals surface area contributed by atoms with Crippen LogP contribution in [0, 0.1) is 0 Å². The molecule has 23 heavy (non-hydrogen) atoms. The smallest absolute Gasteiger partial charge is 0.407 e. The highest BCUT2D eigenvalue weighted by atomic mass is 16.5. The predicted molar refractivity (Wildman–Crippen MR) is 83.3 cm³/mol. The van der Waals surface area contributed by atoms with Gasteiger partial charge in [0.1, 0.15) is 11.5 Å². The number of methoxy groups -OCH3 is 1. The third-order valence-electron chi connectivity index (χ3n) is 3.81. The molecular weight excluding hydrogens is 300 g/mol. The van der Waals surface area contributed by atoms with Crippen molar-refractivity contribution in [1.29, 1.82) is 0 Å². The minimum atomic E-state index is -0.607. The zero-order valence-electron chi connectivity index (χ0n) is 13.3. The molecule has 1 saturated heterocycles. The fourth-order valence-electron chi connectivity index (χ4n) is 2.51. The van der Waals surface area contributed by atoms with Crippen LogP contribution in [0.2, 0.25) is 0 Å². The highest BCUT2D eigenvalue weighted by Gasteiger charge is 2.27. The highest BCUT2D eigenvalue weighted by Crippen LogP contribution is 2.19. The van der Waals surface area contributed by atoms with Crippen LogP contribution in [0.4, 0.5) is 4.79 Å². The number of benzene rings is 1. The second-order valence-electron chi connectivity index (χ2n) is 5.49. The number of amides is 2. The van der Waals surface area contributed by atoms with Crippen molar-refractivity contribution in [3.8, 4) is 11.5 Å². The van der Waals surface area contributed by atoms with Gasteiger partial charge in [0.2, 0.25) is 0 Å². The topological polar surface area (TPSA) is 88.1 Å². The van der Waals surface area contributed by atoms with Gasteiger partial charge in [0, 0.05) is 19.1 Å². The molecule has 1 heterocycles. The third-order valence-corrected chi connectivity index (χ3v) is 3.81. The average molecular weight is 322 g/mol. The van der Waals surface area contributed by atoms with Crippen LogP contribution in [-0.4, -0.2) is 54.4 Å². The molecule has 0 saturated carbocycles. The molecule has 1 atom stereocenters. The number of carbonyl (C=O) groups is 2. The standard InChI is InChI=1S/C16H22N2O5/c1-11(23-14-5-3-13(19)4-6-14)15(20)18-9-7-12(8-10-18)17-16(21)22-2/h3-6,11-12,19H,7-10H2,1-2H3,(H,17,21). The van der Waals surface area contributed by atoms with Crippen molar-refractivity contribution in [3.05, 3.63) is 24.3 Å². The lowest BCUT2D eigenvalue weighted by atomic mass is 10.0. The summed E-state index contributed by atoms with van der Waals surface area (Å²) in [6.07, 6.45) is 0.322. The zero-order chi connectivity index (χ0) is 16.8. The Bertz CT molecular complexity index is 538. The Labute approximate surface area is 135 Å². The number of aromatic hydroxyl groups is 1. The Morgan fingerprint density at radius 3 is 2.43 bits per heavy atom. The number of piperidine rings is 1. The maximum atomic E-state index is 12.4. The van der Waals surface area contributed by atoms with E-state index >= 15 is 0 Å². The van der Waals surface area contributed by atoms with Gasteiger partial charge in [0.15, 0.2) is 6.10 Å². The Kier molecular flexibility index (Phi) is 5.67. The van der Waals surface area contributed by atoms with Crippen molar-refractivity contribution in [2.24, 2.45) is 0 Å². The molecule has 0 radical (unpaired) electrons. The highest BCUT2D eigenvalue weighted by molar-refractivity contribution is 5.81. The number of likely N-dealkylation sites (tertiary alicyclic amines) is 1. The molecule has 126 valence electrons. The number of ether oxygens (including phenoxy) is 2. The van der Waals surface area contributed by atoms with Crippen LogP contribution in [-0.2, 0) is 9.53 Å². The largest absolute Gasteiger partial charge is 0.508 e. The summed E-state index contributed by atoms with van der Waals surface area (Å²) in [6.45, 7) is 2.83. The van der Waals surface area contributed by atoms with Gasteiger partial charge >= 0.3 is 6.09 Å². The van der Waals surface area contributed by atoms with Crippen LogP contribution in [0.25, 0.3) is 0 Å². The van der Waals surface area contributed by atoms with Crippen LogP contribution in [0.5, 0.6) is 11.5 Å². The summed E-state index contributed by atoms with van der Waals surface area (Å²) in [5, 5.41) is 12.0. The van der Waals surface area contributed by atoms with E-state index in [4.69, 9.17) is 4.74 Å². The molecule has 1 aliphatic rings. The number of hydrogen-bond donors (Lipinski definition) is 2. The van der Waals surface area contributed by atoms with Gasteiger partial charge in [-0.1, -0.05) is 0 Å². The summed E-state index contributed by atoms with van der Waals surface area (Å²) < 4.78 is 10.2. The molecule has 0 aliphatic carbocycles. The van der Waals surface area contributed by atoms with Gasteiger partial charge in [-0.05, 0) is 44.0 Å². The van der Waals surface area contributed by atoms with Gasteiger partial charge in [-0.15, -0.1) is 0 Å². The molecule has 0 spiro atoms. The molecule has 0 aromatic heterocycles. The van der Waals surface area contributed by atoms with Crippen LogP contribution in [0.15, 0.2) is 24.3 Å². The normalized spacial score (nSPS) is 16.5. The molecule has 1 unspecified atom stereocenters. The number of carbonyl (C=O) groups excluding carboxylic acids is 2. The minimum Gasteiger partial charge on any atom is -0.508 e. The second-order valence-corrected chi connectivity index (χ2v) is 5.49. The van der Waals surface area contributed by atoms with Gasteiger partial charge in [0.05, 0.1) is 7.11 Å². The van der Waals surface area contributed by atoms with E-state index < -0.39 is 12.2 Å². The molecule has 1 aliphatic heterocycles. The van der Waals surface area contributed by atoms with E-state index in [-0.39, 0.29) is 17.7 Å². The quantitative estimate of drug-likeness (QED) is 0.877. The third kappa shape index (κ3) is 4.77.